The van der Waals surface area contributed by atoms with Crippen molar-refractivity contribution in [2.45, 2.75) is 24.6 Å². The Labute approximate surface area is 129 Å². The largest absolute Gasteiger partial charge is 0.463 e. The first-order chi connectivity index (χ1) is 11.2. The maximum Gasteiger partial charge on any atom is 0.166 e. The van der Waals surface area contributed by atoms with Gasteiger partial charge in [-0.05, 0) is 12.1 Å². The minimum Gasteiger partial charge on any atom is -0.463 e. The highest BCUT2D eigenvalue weighted by atomic mass is 19.1. The van der Waals surface area contributed by atoms with Gasteiger partial charge in [-0.1, -0.05) is 0 Å². The summed E-state index contributed by atoms with van der Waals surface area (Å²) in [6.45, 7) is -0.520. The molecule has 0 aliphatic carbocycles. The Bertz CT molecular complexity index is 821. The van der Waals surface area contributed by atoms with Gasteiger partial charge in [0, 0.05) is 0 Å². The number of aliphatic hydroxyl groups is 2. The molecule has 9 heteroatoms. The fraction of sp³-hybridized carbons (Fsp3) is 0.357. The van der Waals surface area contributed by atoms with Crippen molar-refractivity contribution in [3.05, 3.63) is 31.1 Å². The Morgan fingerprint density at radius 1 is 1.30 bits per heavy atom. The molecular weight excluding hydrogens is 307 g/mol. The van der Waals surface area contributed by atoms with Gasteiger partial charge in [-0.2, -0.15) is 0 Å². The van der Waals surface area contributed by atoms with Crippen LogP contribution in [0, 0.1) is 0 Å². The van der Waals surface area contributed by atoms with Crippen molar-refractivity contribution in [1.29, 1.82) is 0 Å². The van der Waals surface area contributed by atoms with E-state index >= 15 is 0 Å². The predicted octanol–water partition coefficient (Wildman–Crippen LogP) is 0.675. The molecule has 0 spiro atoms. The van der Waals surface area contributed by atoms with Crippen LogP contribution in [0.5, 0.6) is 0 Å². The van der Waals surface area contributed by atoms with Gasteiger partial charge in [0.2, 0.25) is 0 Å². The van der Waals surface area contributed by atoms with Crippen molar-refractivity contribution in [2.75, 3.05) is 6.61 Å². The van der Waals surface area contributed by atoms with Gasteiger partial charge in [-0.3, -0.25) is 4.57 Å². The number of hydrogen-bond acceptors (Lipinski definition) is 7. The Morgan fingerprint density at radius 2 is 2.17 bits per heavy atom. The molecule has 0 amide bonds. The number of furan rings is 1. The molecular formula is C14H13FN4O4. The third kappa shape index (κ3) is 2.12. The van der Waals surface area contributed by atoms with Crippen LogP contribution in [-0.4, -0.2) is 54.7 Å². The third-order valence-corrected chi connectivity index (χ3v) is 3.86. The number of imidazole rings is 1. The van der Waals surface area contributed by atoms with Crippen LogP contribution in [0.25, 0.3) is 22.6 Å². The average molecular weight is 320 g/mol. The maximum absolute atomic E-state index is 13.9. The van der Waals surface area contributed by atoms with E-state index in [4.69, 9.17) is 14.3 Å². The number of fused-ring (bicyclic) bond motifs is 1. The molecule has 3 aromatic heterocycles. The van der Waals surface area contributed by atoms with E-state index in [9.17, 15) is 9.50 Å². The molecule has 3 aromatic rings. The zero-order chi connectivity index (χ0) is 16.0. The molecule has 0 radical (unpaired) electrons. The minimum absolute atomic E-state index is 0.376. The molecule has 0 bridgehead atoms. The summed E-state index contributed by atoms with van der Waals surface area (Å²) in [5.41, 5.74) is 1.31. The summed E-state index contributed by atoms with van der Waals surface area (Å²) in [6, 6.07) is 3.46. The summed E-state index contributed by atoms with van der Waals surface area (Å²) in [7, 11) is 0. The number of ether oxygens (including phenoxy) is 1. The van der Waals surface area contributed by atoms with Crippen LogP contribution in [0.15, 0.2) is 35.5 Å². The summed E-state index contributed by atoms with van der Waals surface area (Å²) < 4.78 is 26.0. The average Bonchev–Trinajstić information content (AvgIpc) is 3.28. The van der Waals surface area contributed by atoms with Crippen LogP contribution in [-0.2, 0) is 4.74 Å². The van der Waals surface area contributed by atoms with Crippen molar-refractivity contribution >= 4 is 11.2 Å². The SMILES string of the molecule is OC[C@H]1O[C@@H](n2cnc3c(-c4ccco4)ncnc32)[C@H](O)[C@@H]1F. The lowest BCUT2D eigenvalue weighted by Crippen LogP contribution is -2.29. The van der Waals surface area contributed by atoms with Crippen molar-refractivity contribution in [1.82, 2.24) is 19.5 Å². The molecule has 0 saturated carbocycles. The molecule has 0 aromatic carbocycles. The number of rotatable bonds is 3. The monoisotopic (exact) mass is 320 g/mol. The Morgan fingerprint density at radius 3 is 2.87 bits per heavy atom. The lowest BCUT2D eigenvalue weighted by Gasteiger charge is -2.16. The zero-order valence-corrected chi connectivity index (χ0v) is 11.8. The summed E-state index contributed by atoms with van der Waals surface area (Å²) >= 11 is 0. The summed E-state index contributed by atoms with van der Waals surface area (Å²) in [5, 5.41) is 19.1. The van der Waals surface area contributed by atoms with Gasteiger partial charge in [0.15, 0.2) is 23.8 Å². The molecule has 1 aliphatic rings. The fourth-order valence-corrected chi connectivity index (χ4v) is 2.72. The molecule has 4 rings (SSSR count). The van der Waals surface area contributed by atoms with Crippen LogP contribution in [0.4, 0.5) is 4.39 Å². The van der Waals surface area contributed by atoms with Crippen LogP contribution in [0.2, 0.25) is 0 Å². The first-order valence-electron chi connectivity index (χ1n) is 7.00. The van der Waals surface area contributed by atoms with Crippen molar-refractivity contribution < 1.29 is 23.8 Å². The Kier molecular flexibility index (Phi) is 3.33. The first kappa shape index (κ1) is 14.2. The smallest absolute Gasteiger partial charge is 0.166 e. The van der Waals surface area contributed by atoms with Crippen molar-refractivity contribution in [3.8, 4) is 11.5 Å². The Balaban J connectivity index is 1.80. The highest BCUT2D eigenvalue weighted by Crippen LogP contribution is 2.34. The second kappa shape index (κ2) is 5.37. The topological polar surface area (TPSA) is 106 Å². The highest BCUT2D eigenvalue weighted by molar-refractivity contribution is 5.85. The van der Waals surface area contributed by atoms with E-state index in [1.165, 1.54) is 23.5 Å². The first-order valence-corrected chi connectivity index (χ1v) is 7.00. The standard InChI is InChI=1S/C14H13FN4O4/c15-9-8(4-20)23-14(12(9)21)19-6-18-11-10(7-2-1-3-22-7)16-5-17-13(11)19/h1-3,5-6,8-9,12,14,20-21H,4H2/t8-,9-,12-,14-/m1/s1. The number of halogens is 1. The lowest BCUT2D eigenvalue weighted by molar-refractivity contribution is -0.0495. The van der Waals surface area contributed by atoms with Gasteiger partial charge in [0.25, 0.3) is 0 Å². The van der Waals surface area contributed by atoms with Crippen LogP contribution in [0.3, 0.4) is 0 Å². The minimum atomic E-state index is -1.69. The second-order valence-electron chi connectivity index (χ2n) is 5.21. The third-order valence-electron chi connectivity index (χ3n) is 3.86. The summed E-state index contributed by atoms with van der Waals surface area (Å²) in [4.78, 5) is 12.5. The quantitative estimate of drug-likeness (QED) is 0.730. The van der Waals surface area contributed by atoms with Gasteiger partial charge in [0.1, 0.15) is 29.7 Å². The van der Waals surface area contributed by atoms with E-state index in [2.05, 4.69) is 15.0 Å². The van der Waals surface area contributed by atoms with E-state index in [0.717, 1.165) is 0 Å². The van der Waals surface area contributed by atoms with E-state index in [1.54, 1.807) is 12.1 Å². The van der Waals surface area contributed by atoms with E-state index < -0.39 is 31.2 Å². The van der Waals surface area contributed by atoms with E-state index in [1.807, 2.05) is 0 Å². The summed E-state index contributed by atoms with van der Waals surface area (Å²) in [6.07, 6.45) is -0.975. The van der Waals surface area contributed by atoms with Gasteiger partial charge >= 0.3 is 0 Å². The number of nitrogens with zero attached hydrogens (tertiary/aromatic N) is 4. The Hall–Kier alpha value is -2.36. The molecule has 4 atom stereocenters. The second-order valence-corrected chi connectivity index (χ2v) is 5.21. The van der Waals surface area contributed by atoms with Gasteiger partial charge in [-0.15, -0.1) is 0 Å². The van der Waals surface area contributed by atoms with Gasteiger partial charge in [0.05, 0.1) is 19.2 Å². The molecule has 8 nitrogen and oxygen atoms in total. The molecule has 0 unspecified atom stereocenters. The lowest BCUT2D eigenvalue weighted by atomic mass is 10.1. The number of alkyl halides is 1. The zero-order valence-electron chi connectivity index (χ0n) is 11.8. The molecule has 1 aliphatic heterocycles. The van der Waals surface area contributed by atoms with Crippen LogP contribution >= 0.6 is 0 Å². The van der Waals surface area contributed by atoms with E-state index in [0.29, 0.717) is 22.6 Å². The molecule has 2 N–H and O–H groups in total. The number of aromatic nitrogens is 4. The molecule has 120 valence electrons. The number of aliphatic hydroxyl groups excluding tert-OH is 2. The van der Waals surface area contributed by atoms with Crippen LogP contribution < -0.4 is 0 Å². The highest BCUT2D eigenvalue weighted by Gasteiger charge is 2.45. The molecule has 4 heterocycles. The van der Waals surface area contributed by atoms with E-state index in [-0.39, 0.29) is 0 Å². The van der Waals surface area contributed by atoms with Crippen LogP contribution in [0.1, 0.15) is 6.23 Å². The normalized spacial score (nSPS) is 27.8. The predicted molar refractivity (Wildman–Crippen MR) is 74.9 cm³/mol. The molecule has 23 heavy (non-hydrogen) atoms. The van der Waals surface area contributed by atoms with Gasteiger partial charge in [-0.25, -0.2) is 19.3 Å². The number of hydrogen-bond donors (Lipinski definition) is 2. The van der Waals surface area contributed by atoms with Crippen molar-refractivity contribution in [3.63, 3.8) is 0 Å². The molecule has 1 fully saturated rings. The maximum atomic E-state index is 13.9. The van der Waals surface area contributed by atoms with Crippen molar-refractivity contribution in [2.24, 2.45) is 0 Å². The molecule has 1 saturated heterocycles. The summed E-state index contributed by atoms with van der Waals surface area (Å²) in [5.74, 6) is 0.521. The fourth-order valence-electron chi connectivity index (χ4n) is 2.72. The van der Waals surface area contributed by atoms with Gasteiger partial charge < -0.3 is 19.4 Å².